The van der Waals surface area contributed by atoms with Crippen molar-refractivity contribution in [1.82, 2.24) is 15.3 Å². The highest BCUT2D eigenvalue weighted by Crippen LogP contribution is 2.31. The average Bonchev–Trinajstić information content (AvgIpc) is 2.43. The summed E-state index contributed by atoms with van der Waals surface area (Å²) in [6, 6.07) is 8.29. The second-order valence-corrected chi connectivity index (χ2v) is 6.06. The van der Waals surface area contributed by atoms with Gasteiger partial charge in [0.1, 0.15) is 11.4 Å². The first-order valence-corrected chi connectivity index (χ1v) is 7.83. The average molecular weight is 338 g/mol. The first kappa shape index (κ1) is 14.5. The highest BCUT2D eigenvalue weighted by Gasteiger charge is 2.06. The van der Waals surface area contributed by atoms with Crippen LogP contribution in [0.3, 0.4) is 0 Å². The summed E-state index contributed by atoms with van der Waals surface area (Å²) in [5, 5.41) is 4.40. The fourth-order valence-electron chi connectivity index (χ4n) is 1.62. The molecule has 19 heavy (non-hydrogen) atoms. The fraction of sp³-hybridized carbons (Fsp3) is 0.286. The second kappa shape index (κ2) is 7.62. The van der Waals surface area contributed by atoms with Crippen LogP contribution in [-0.4, -0.2) is 16.5 Å². The Kier molecular flexibility index (Phi) is 5.82. The largest absolute Gasteiger partial charge is 0.313 e. The molecule has 100 valence electrons. The van der Waals surface area contributed by atoms with E-state index in [1.165, 1.54) is 10.5 Å². The van der Waals surface area contributed by atoms with Gasteiger partial charge in [0.05, 0.1) is 0 Å². The molecule has 0 spiro atoms. The number of rotatable bonds is 6. The van der Waals surface area contributed by atoms with E-state index in [2.05, 4.69) is 56.3 Å². The van der Waals surface area contributed by atoms with Crippen LogP contribution in [0, 0.1) is 0 Å². The van der Waals surface area contributed by atoms with Gasteiger partial charge in [-0.25, -0.2) is 9.97 Å². The maximum absolute atomic E-state index is 4.26. The lowest BCUT2D eigenvalue weighted by Gasteiger charge is -2.10. The standard InChI is InChI=1S/C14H16BrN3S/c1-2-6-16-9-11-3-4-12(15)8-13(11)19-14-5-7-17-10-18-14/h3-5,7-8,10,16H,2,6,9H2,1H3. The number of nitrogens with one attached hydrogen (secondary N) is 1. The van der Waals surface area contributed by atoms with Crippen LogP contribution < -0.4 is 5.32 Å². The van der Waals surface area contributed by atoms with Crippen LogP contribution in [0.25, 0.3) is 0 Å². The van der Waals surface area contributed by atoms with Crippen LogP contribution >= 0.6 is 27.7 Å². The molecule has 2 aromatic rings. The van der Waals surface area contributed by atoms with Gasteiger partial charge in [-0.1, -0.05) is 40.7 Å². The number of halogens is 1. The predicted molar refractivity (Wildman–Crippen MR) is 82.3 cm³/mol. The molecule has 0 saturated heterocycles. The number of aromatic nitrogens is 2. The molecule has 1 aromatic heterocycles. The zero-order valence-electron chi connectivity index (χ0n) is 10.8. The second-order valence-electron chi connectivity index (χ2n) is 4.08. The Morgan fingerprint density at radius 1 is 1.32 bits per heavy atom. The molecule has 2 rings (SSSR count). The lowest BCUT2D eigenvalue weighted by Crippen LogP contribution is -2.14. The number of hydrogen-bond donors (Lipinski definition) is 1. The molecule has 0 radical (unpaired) electrons. The van der Waals surface area contributed by atoms with Gasteiger partial charge in [0.2, 0.25) is 0 Å². The van der Waals surface area contributed by atoms with E-state index in [0.29, 0.717) is 0 Å². The summed E-state index contributed by atoms with van der Waals surface area (Å²) in [6.45, 7) is 4.09. The fourth-order valence-corrected chi connectivity index (χ4v) is 3.04. The number of hydrogen-bond acceptors (Lipinski definition) is 4. The van der Waals surface area contributed by atoms with Crippen molar-refractivity contribution in [1.29, 1.82) is 0 Å². The van der Waals surface area contributed by atoms with Crippen LogP contribution in [0.15, 0.2) is 51.2 Å². The Hall–Kier alpha value is -0.910. The van der Waals surface area contributed by atoms with Crippen LogP contribution in [0.1, 0.15) is 18.9 Å². The molecular weight excluding hydrogens is 322 g/mol. The first-order chi connectivity index (χ1) is 9.29. The molecule has 0 saturated carbocycles. The third-order valence-corrected chi connectivity index (χ3v) is 4.08. The molecule has 0 aliphatic rings. The van der Waals surface area contributed by atoms with Crippen LogP contribution in [0.4, 0.5) is 0 Å². The summed E-state index contributed by atoms with van der Waals surface area (Å²) in [5.74, 6) is 0. The van der Waals surface area contributed by atoms with E-state index in [1.54, 1.807) is 24.3 Å². The predicted octanol–water partition coefficient (Wildman–Crippen LogP) is 3.89. The van der Waals surface area contributed by atoms with Crippen molar-refractivity contribution in [2.24, 2.45) is 0 Å². The molecular formula is C14H16BrN3S. The van der Waals surface area contributed by atoms with E-state index in [0.717, 1.165) is 29.0 Å². The van der Waals surface area contributed by atoms with Crippen LogP contribution in [0.2, 0.25) is 0 Å². The van der Waals surface area contributed by atoms with E-state index in [9.17, 15) is 0 Å². The van der Waals surface area contributed by atoms with Gasteiger partial charge in [0, 0.05) is 22.1 Å². The number of nitrogens with zero attached hydrogens (tertiary/aromatic N) is 2. The molecule has 0 amide bonds. The highest BCUT2D eigenvalue weighted by molar-refractivity contribution is 9.10. The van der Waals surface area contributed by atoms with Gasteiger partial charge < -0.3 is 5.32 Å². The molecule has 0 unspecified atom stereocenters. The molecule has 0 atom stereocenters. The van der Waals surface area contributed by atoms with Gasteiger partial charge in [0.25, 0.3) is 0 Å². The minimum absolute atomic E-state index is 0.883. The molecule has 0 bridgehead atoms. The summed E-state index contributed by atoms with van der Waals surface area (Å²) >= 11 is 5.19. The summed E-state index contributed by atoms with van der Waals surface area (Å²) in [6.07, 6.45) is 4.49. The summed E-state index contributed by atoms with van der Waals surface area (Å²) in [4.78, 5) is 9.42. The number of benzene rings is 1. The Balaban J connectivity index is 2.15. The maximum Gasteiger partial charge on any atom is 0.116 e. The zero-order chi connectivity index (χ0) is 13.5. The van der Waals surface area contributed by atoms with Crippen molar-refractivity contribution < 1.29 is 0 Å². The summed E-state index contributed by atoms with van der Waals surface area (Å²) in [5.41, 5.74) is 1.29. The van der Waals surface area contributed by atoms with Crippen molar-refractivity contribution in [3.63, 3.8) is 0 Å². The SMILES string of the molecule is CCCNCc1ccc(Br)cc1Sc1ccncn1. The van der Waals surface area contributed by atoms with Gasteiger partial charge in [-0.15, -0.1) is 0 Å². The van der Waals surface area contributed by atoms with Crippen LogP contribution in [0.5, 0.6) is 0 Å². The minimum Gasteiger partial charge on any atom is -0.313 e. The topological polar surface area (TPSA) is 37.8 Å². The van der Waals surface area contributed by atoms with E-state index < -0.39 is 0 Å². The van der Waals surface area contributed by atoms with Crippen molar-refractivity contribution in [2.75, 3.05) is 6.54 Å². The Labute approximate surface area is 126 Å². The molecule has 1 heterocycles. The first-order valence-electron chi connectivity index (χ1n) is 6.22. The van der Waals surface area contributed by atoms with E-state index >= 15 is 0 Å². The van der Waals surface area contributed by atoms with E-state index in [4.69, 9.17) is 0 Å². The third-order valence-electron chi connectivity index (χ3n) is 2.54. The Morgan fingerprint density at radius 3 is 2.95 bits per heavy atom. The molecule has 5 heteroatoms. The molecule has 3 nitrogen and oxygen atoms in total. The van der Waals surface area contributed by atoms with Crippen molar-refractivity contribution in [2.45, 2.75) is 29.8 Å². The summed E-state index contributed by atoms with van der Waals surface area (Å²) < 4.78 is 1.09. The van der Waals surface area contributed by atoms with Gasteiger partial charge in [0.15, 0.2) is 0 Å². The Bertz CT molecular complexity index is 519. The summed E-state index contributed by atoms with van der Waals surface area (Å²) in [7, 11) is 0. The molecule has 1 aromatic carbocycles. The van der Waals surface area contributed by atoms with E-state index in [1.807, 2.05) is 6.07 Å². The van der Waals surface area contributed by atoms with Gasteiger partial charge in [-0.2, -0.15) is 0 Å². The van der Waals surface area contributed by atoms with Crippen molar-refractivity contribution in [3.8, 4) is 0 Å². The van der Waals surface area contributed by atoms with Gasteiger partial charge >= 0.3 is 0 Å². The van der Waals surface area contributed by atoms with E-state index in [-0.39, 0.29) is 0 Å². The zero-order valence-corrected chi connectivity index (χ0v) is 13.2. The monoisotopic (exact) mass is 337 g/mol. The smallest absolute Gasteiger partial charge is 0.116 e. The minimum atomic E-state index is 0.883. The van der Waals surface area contributed by atoms with Crippen molar-refractivity contribution in [3.05, 3.63) is 46.8 Å². The highest BCUT2D eigenvalue weighted by atomic mass is 79.9. The van der Waals surface area contributed by atoms with Gasteiger partial charge in [-0.05, 0) is 36.7 Å². The van der Waals surface area contributed by atoms with Gasteiger partial charge in [-0.3, -0.25) is 0 Å². The lowest BCUT2D eigenvalue weighted by atomic mass is 10.2. The normalized spacial score (nSPS) is 10.6. The molecule has 0 aliphatic carbocycles. The maximum atomic E-state index is 4.26. The Morgan fingerprint density at radius 2 is 2.21 bits per heavy atom. The molecule has 0 fully saturated rings. The quantitative estimate of drug-likeness (QED) is 0.641. The van der Waals surface area contributed by atoms with Crippen LogP contribution in [-0.2, 0) is 6.54 Å². The molecule has 0 aliphatic heterocycles. The lowest BCUT2D eigenvalue weighted by molar-refractivity contribution is 0.669. The third kappa shape index (κ3) is 4.60. The van der Waals surface area contributed by atoms with Crippen molar-refractivity contribution >= 4 is 27.7 Å². The molecule has 1 N–H and O–H groups in total.